The highest BCUT2D eigenvalue weighted by molar-refractivity contribution is 8.01. The molecule has 2 aliphatic rings. The van der Waals surface area contributed by atoms with Gasteiger partial charge in [0.1, 0.15) is 5.75 Å². The largest absolute Gasteiger partial charge is 0.482 e. The maximum Gasteiger partial charge on any atom is 0.262 e. The molecule has 2 aromatic rings. The van der Waals surface area contributed by atoms with Crippen molar-refractivity contribution in [1.29, 1.82) is 0 Å². The zero-order valence-electron chi connectivity index (χ0n) is 14.2. The highest BCUT2D eigenvalue weighted by Gasteiger charge is 2.29. The van der Waals surface area contributed by atoms with Crippen LogP contribution < -0.4 is 20.7 Å². The van der Waals surface area contributed by atoms with Crippen molar-refractivity contribution in [2.24, 2.45) is 0 Å². The zero-order chi connectivity index (χ0) is 19.8. The standard InChI is InChI=1S/C18H13Cl2N3O4S/c19-8-1-2-14-12(3-8)23-18(26)15(28-14)6-16(24)21-10-5-13-11(4-9(10)20)22-17(25)7-27-13/h1-5,15H,6-7H2,(H,21,24)(H,22,25)(H,23,26). The molecule has 0 bridgehead atoms. The predicted molar refractivity (Wildman–Crippen MR) is 109 cm³/mol. The molecule has 3 amide bonds. The van der Waals surface area contributed by atoms with Crippen LogP contribution in [0.5, 0.6) is 5.75 Å². The van der Waals surface area contributed by atoms with Crippen LogP contribution in [0.2, 0.25) is 10.0 Å². The highest BCUT2D eigenvalue weighted by atomic mass is 35.5. The molecule has 0 saturated carbocycles. The smallest absolute Gasteiger partial charge is 0.262 e. The lowest BCUT2D eigenvalue weighted by Crippen LogP contribution is -2.32. The van der Waals surface area contributed by atoms with E-state index >= 15 is 0 Å². The van der Waals surface area contributed by atoms with Gasteiger partial charge >= 0.3 is 0 Å². The summed E-state index contributed by atoms with van der Waals surface area (Å²) < 4.78 is 5.33. The van der Waals surface area contributed by atoms with Gasteiger partial charge in [-0.25, -0.2) is 0 Å². The first kappa shape index (κ1) is 18.9. The molecule has 2 aliphatic heterocycles. The lowest BCUT2D eigenvalue weighted by Gasteiger charge is -2.24. The van der Waals surface area contributed by atoms with Crippen molar-refractivity contribution in [3.8, 4) is 5.75 Å². The molecule has 0 spiro atoms. The van der Waals surface area contributed by atoms with Crippen LogP contribution in [-0.4, -0.2) is 29.6 Å². The van der Waals surface area contributed by atoms with Gasteiger partial charge in [-0.2, -0.15) is 0 Å². The number of halogens is 2. The van der Waals surface area contributed by atoms with Crippen LogP contribution in [-0.2, 0) is 14.4 Å². The molecule has 0 aromatic heterocycles. The molecule has 0 saturated heterocycles. The van der Waals surface area contributed by atoms with E-state index in [1.807, 2.05) is 0 Å². The number of anilines is 3. The lowest BCUT2D eigenvalue weighted by atomic mass is 10.2. The summed E-state index contributed by atoms with van der Waals surface area (Å²) in [6, 6.07) is 8.25. The van der Waals surface area contributed by atoms with Gasteiger partial charge in [0.25, 0.3) is 5.91 Å². The number of hydrogen-bond acceptors (Lipinski definition) is 5. The number of nitrogens with one attached hydrogen (secondary N) is 3. The number of hydrogen-bond donors (Lipinski definition) is 3. The van der Waals surface area contributed by atoms with Crippen molar-refractivity contribution in [2.45, 2.75) is 16.6 Å². The second-order valence-electron chi connectivity index (χ2n) is 6.15. The SMILES string of the molecule is O=C(CC1Sc2ccc(Cl)cc2NC1=O)Nc1cc2c(cc1Cl)NC(=O)CO2. The topological polar surface area (TPSA) is 96.5 Å². The van der Waals surface area contributed by atoms with Crippen LogP contribution in [0, 0.1) is 0 Å². The average molecular weight is 438 g/mol. The quantitative estimate of drug-likeness (QED) is 0.678. The van der Waals surface area contributed by atoms with Crippen molar-refractivity contribution in [3.05, 3.63) is 40.4 Å². The minimum absolute atomic E-state index is 0.0381. The summed E-state index contributed by atoms with van der Waals surface area (Å²) in [5.41, 5.74) is 1.42. The lowest BCUT2D eigenvalue weighted by molar-refractivity contribution is -0.120. The Bertz CT molecular complexity index is 1010. The maximum atomic E-state index is 12.5. The average Bonchev–Trinajstić information content (AvgIpc) is 2.63. The first-order chi connectivity index (χ1) is 13.4. The minimum Gasteiger partial charge on any atom is -0.482 e. The molecule has 0 radical (unpaired) electrons. The Morgan fingerprint density at radius 3 is 2.82 bits per heavy atom. The van der Waals surface area contributed by atoms with Crippen LogP contribution in [0.4, 0.5) is 17.1 Å². The highest BCUT2D eigenvalue weighted by Crippen LogP contribution is 2.39. The maximum absolute atomic E-state index is 12.5. The summed E-state index contributed by atoms with van der Waals surface area (Å²) in [6.07, 6.45) is -0.0381. The summed E-state index contributed by atoms with van der Waals surface area (Å²) in [4.78, 5) is 37.0. The summed E-state index contributed by atoms with van der Waals surface area (Å²) in [5, 5.41) is 8.29. The monoisotopic (exact) mass is 437 g/mol. The fourth-order valence-electron chi connectivity index (χ4n) is 2.82. The third-order valence-corrected chi connectivity index (χ3v) is 5.93. The number of benzene rings is 2. The molecule has 28 heavy (non-hydrogen) atoms. The van der Waals surface area contributed by atoms with Gasteiger partial charge in [-0.15, -0.1) is 11.8 Å². The van der Waals surface area contributed by atoms with Gasteiger partial charge in [-0.3, -0.25) is 14.4 Å². The summed E-state index contributed by atoms with van der Waals surface area (Å²) in [5.74, 6) is -0.499. The first-order valence-corrected chi connectivity index (χ1v) is 9.86. The second kappa shape index (κ2) is 7.54. The minimum atomic E-state index is -0.583. The van der Waals surface area contributed by atoms with E-state index in [4.69, 9.17) is 27.9 Å². The molecule has 7 nitrogen and oxygen atoms in total. The van der Waals surface area contributed by atoms with Gasteiger partial charge in [-0.05, 0) is 24.3 Å². The summed E-state index contributed by atoms with van der Waals surface area (Å²) >= 11 is 13.4. The Morgan fingerprint density at radius 2 is 2.00 bits per heavy atom. The number of rotatable bonds is 3. The molecule has 2 aromatic carbocycles. The third-order valence-electron chi connectivity index (χ3n) is 4.11. The Balaban J connectivity index is 1.45. The molecule has 1 unspecified atom stereocenters. The van der Waals surface area contributed by atoms with Gasteiger partial charge in [0.05, 0.1) is 27.3 Å². The number of carbonyl (C=O) groups excluding carboxylic acids is 3. The van der Waals surface area contributed by atoms with Gasteiger partial charge < -0.3 is 20.7 Å². The molecular weight excluding hydrogens is 425 g/mol. The fourth-order valence-corrected chi connectivity index (χ4v) is 4.30. The van der Waals surface area contributed by atoms with E-state index in [9.17, 15) is 14.4 Å². The Morgan fingerprint density at radius 1 is 1.18 bits per heavy atom. The van der Waals surface area contributed by atoms with Gasteiger partial charge in [0.2, 0.25) is 11.8 Å². The van der Waals surface area contributed by atoms with Crippen molar-refractivity contribution in [3.63, 3.8) is 0 Å². The molecule has 144 valence electrons. The van der Waals surface area contributed by atoms with Crippen LogP contribution >= 0.6 is 35.0 Å². The van der Waals surface area contributed by atoms with Crippen LogP contribution in [0.3, 0.4) is 0 Å². The van der Waals surface area contributed by atoms with E-state index in [0.29, 0.717) is 27.8 Å². The van der Waals surface area contributed by atoms with Gasteiger partial charge in [0, 0.05) is 22.4 Å². The number of ether oxygens (including phenoxy) is 1. The Hall–Kier alpha value is -2.42. The van der Waals surface area contributed by atoms with Crippen LogP contribution in [0.15, 0.2) is 35.2 Å². The molecule has 2 heterocycles. The molecule has 0 fully saturated rings. The van der Waals surface area contributed by atoms with Crippen molar-refractivity contribution >= 4 is 69.7 Å². The molecule has 4 rings (SSSR count). The third kappa shape index (κ3) is 3.89. The van der Waals surface area contributed by atoms with Crippen molar-refractivity contribution in [1.82, 2.24) is 0 Å². The predicted octanol–water partition coefficient (Wildman–Crippen LogP) is 3.77. The Labute approximate surface area is 174 Å². The van der Waals surface area contributed by atoms with Crippen LogP contribution in [0.25, 0.3) is 0 Å². The van der Waals surface area contributed by atoms with E-state index in [1.165, 1.54) is 17.8 Å². The van der Waals surface area contributed by atoms with E-state index in [1.54, 1.807) is 24.3 Å². The first-order valence-electron chi connectivity index (χ1n) is 8.22. The zero-order valence-corrected chi connectivity index (χ0v) is 16.5. The summed E-state index contributed by atoms with van der Waals surface area (Å²) in [7, 11) is 0. The number of fused-ring (bicyclic) bond motifs is 2. The number of carbonyl (C=O) groups is 3. The number of thioether (sulfide) groups is 1. The van der Waals surface area contributed by atoms with E-state index in [0.717, 1.165) is 4.90 Å². The van der Waals surface area contributed by atoms with Crippen molar-refractivity contribution in [2.75, 3.05) is 22.6 Å². The molecule has 0 aliphatic carbocycles. The van der Waals surface area contributed by atoms with Gasteiger partial charge in [0.15, 0.2) is 6.61 Å². The fraction of sp³-hybridized carbons (Fsp3) is 0.167. The number of amides is 3. The van der Waals surface area contributed by atoms with Crippen LogP contribution in [0.1, 0.15) is 6.42 Å². The molecular formula is C18H13Cl2N3O4S. The Kier molecular flexibility index (Phi) is 5.09. The molecule has 1 atom stereocenters. The van der Waals surface area contributed by atoms with E-state index < -0.39 is 5.25 Å². The second-order valence-corrected chi connectivity index (χ2v) is 8.24. The molecule has 10 heteroatoms. The van der Waals surface area contributed by atoms with Crippen molar-refractivity contribution < 1.29 is 19.1 Å². The molecule has 3 N–H and O–H groups in total. The van der Waals surface area contributed by atoms with E-state index in [-0.39, 0.29) is 35.8 Å². The normalized spacial score (nSPS) is 17.6. The van der Waals surface area contributed by atoms with Gasteiger partial charge in [-0.1, -0.05) is 23.2 Å². The summed E-state index contributed by atoms with van der Waals surface area (Å²) in [6.45, 7) is -0.107. The van der Waals surface area contributed by atoms with E-state index in [2.05, 4.69) is 16.0 Å².